The van der Waals surface area contributed by atoms with Crippen molar-refractivity contribution in [2.24, 2.45) is 0 Å². The molecular weight excluding hydrogens is 440 g/mol. The van der Waals surface area contributed by atoms with Gasteiger partial charge in [-0.3, -0.25) is 0 Å². The first kappa shape index (κ1) is 27.4. The number of carbonyl (C=O) groups excluding carboxylic acids is 4. The van der Waals surface area contributed by atoms with Crippen LogP contribution in [0.5, 0.6) is 0 Å². The van der Waals surface area contributed by atoms with Gasteiger partial charge in [0.05, 0.1) is 9.16 Å². The topological polar surface area (TPSA) is 105 Å². The van der Waals surface area contributed by atoms with E-state index in [9.17, 15) is 19.2 Å². The molecule has 2 atom stereocenters. The summed E-state index contributed by atoms with van der Waals surface area (Å²) in [6.45, 7) is 13.4. The lowest BCUT2D eigenvalue weighted by Gasteiger charge is -2.15. The Morgan fingerprint density at radius 2 is 1.00 bits per heavy atom. The number of carbonyl (C=O) groups is 4. The lowest BCUT2D eigenvalue weighted by Crippen LogP contribution is -2.14. The molecule has 0 saturated carbocycles. The van der Waals surface area contributed by atoms with Crippen molar-refractivity contribution in [1.82, 2.24) is 0 Å². The van der Waals surface area contributed by atoms with Crippen LogP contribution in [0.1, 0.15) is 27.7 Å². The molecule has 8 nitrogen and oxygen atoms in total. The fourth-order valence-electron chi connectivity index (χ4n) is 1.43. The van der Waals surface area contributed by atoms with Crippen LogP contribution < -0.4 is 0 Å². The molecule has 0 aliphatic rings. The van der Waals surface area contributed by atoms with Gasteiger partial charge in [-0.15, -0.1) is 11.8 Å². The largest absolute Gasteiger partial charge is 0.459 e. The average molecular weight is 467 g/mol. The smallest absolute Gasteiger partial charge is 0.368 e. The number of hydrogen-bond acceptors (Lipinski definition) is 11. The minimum atomic E-state index is -0.538. The highest BCUT2D eigenvalue weighted by atomic mass is 32.2. The molecule has 0 aromatic heterocycles. The summed E-state index contributed by atoms with van der Waals surface area (Å²) in [6, 6.07) is 0. The van der Waals surface area contributed by atoms with Gasteiger partial charge in [-0.25, -0.2) is 19.2 Å². The third kappa shape index (κ3) is 15.0. The molecule has 0 bridgehead atoms. The van der Waals surface area contributed by atoms with Crippen LogP contribution in [0.3, 0.4) is 0 Å². The number of thioether (sulfide) groups is 3. The lowest BCUT2D eigenvalue weighted by molar-refractivity contribution is -0.140. The zero-order valence-corrected chi connectivity index (χ0v) is 19.3. The monoisotopic (exact) mass is 466 g/mol. The number of esters is 2. The standard InChI is InChI=1S/C18H26O8S3/c1-11(2)15(19)23-7-9-25-17(21)28-13(5)27-14(6)29-18(22)26-10-8-24-16(20)12(3)4/h13-14H,1,3,7-10H2,2,4-6H3. The Hall–Kier alpha value is -1.59. The maximum absolute atomic E-state index is 11.7. The summed E-state index contributed by atoms with van der Waals surface area (Å²) in [4.78, 5) is 45.8. The first-order chi connectivity index (χ1) is 13.5. The zero-order chi connectivity index (χ0) is 22.4. The van der Waals surface area contributed by atoms with Crippen LogP contribution in [-0.2, 0) is 28.5 Å². The highest BCUT2D eigenvalue weighted by Gasteiger charge is 2.19. The Morgan fingerprint density at radius 1 is 0.690 bits per heavy atom. The van der Waals surface area contributed by atoms with Gasteiger partial charge in [-0.05, 0) is 51.2 Å². The van der Waals surface area contributed by atoms with Gasteiger partial charge in [0.25, 0.3) is 0 Å². The summed E-state index contributed by atoms with van der Waals surface area (Å²) < 4.78 is 19.2. The Morgan fingerprint density at radius 3 is 1.31 bits per heavy atom. The van der Waals surface area contributed by atoms with Gasteiger partial charge < -0.3 is 18.9 Å². The van der Waals surface area contributed by atoms with E-state index in [0.717, 1.165) is 23.5 Å². The quantitative estimate of drug-likeness (QED) is 0.134. The molecule has 0 aliphatic carbocycles. The van der Waals surface area contributed by atoms with Crippen molar-refractivity contribution in [3.63, 3.8) is 0 Å². The van der Waals surface area contributed by atoms with Crippen molar-refractivity contribution in [1.29, 1.82) is 0 Å². The summed E-state index contributed by atoms with van der Waals surface area (Å²) >= 11 is 3.30. The van der Waals surface area contributed by atoms with E-state index in [0.29, 0.717) is 0 Å². The summed E-state index contributed by atoms with van der Waals surface area (Å²) in [5.41, 5.74) is 0.544. The molecule has 29 heavy (non-hydrogen) atoms. The molecule has 0 aliphatic heterocycles. The molecule has 0 radical (unpaired) electrons. The van der Waals surface area contributed by atoms with Crippen LogP contribution in [0.2, 0.25) is 0 Å². The van der Waals surface area contributed by atoms with Gasteiger partial charge in [-0.2, -0.15) is 0 Å². The van der Waals surface area contributed by atoms with Gasteiger partial charge >= 0.3 is 22.5 Å². The van der Waals surface area contributed by atoms with E-state index in [1.165, 1.54) is 25.6 Å². The molecule has 164 valence electrons. The van der Waals surface area contributed by atoms with Crippen LogP contribution in [0.15, 0.2) is 24.3 Å². The fraction of sp³-hybridized carbons (Fsp3) is 0.556. The molecule has 2 unspecified atom stereocenters. The van der Waals surface area contributed by atoms with Crippen LogP contribution >= 0.6 is 35.3 Å². The highest BCUT2D eigenvalue weighted by molar-refractivity contribution is 8.31. The molecule has 0 heterocycles. The second kappa shape index (κ2) is 15.3. The zero-order valence-electron chi connectivity index (χ0n) is 16.9. The van der Waals surface area contributed by atoms with Crippen molar-refractivity contribution in [3.05, 3.63) is 24.3 Å². The SMILES string of the molecule is C=C(C)C(=O)OCCOC(=O)SC(C)SC(C)SC(=O)OCCOC(=O)C(=C)C. The third-order valence-electron chi connectivity index (χ3n) is 2.68. The maximum atomic E-state index is 11.7. The molecule has 0 spiro atoms. The van der Waals surface area contributed by atoms with Gasteiger partial charge in [-0.1, -0.05) is 13.2 Å². The van der Waals surface area contributed by atoms with E-state index >= 15 is 0 Å². The first-order valence-electron chi connectivity index (χ1n) is 8.50. The summed E-state index contributed by atoms with van der Waals surface area (Å²) in [6.07, 6.45) is 0. The lowest BCUT2D eigenvalue weighted by atomic mass is 10.4. The van der Waals surface area contributed by atoms with E-state index in [2.05, 4.69) is 13.2 Å². The van der Waals surface area contributed by atoms with E-state index in [4.69, 9.17) is 18.9 Å². The molecule has 0 N–H and O–H groups in total. The summed E-state index contributed by atoms with van der Waals surface area (Å²) in [5, 5.41) is -1.01. The Kier molecular flexibility index (Phi) is 14.4. The van der Waals surface area contributed by atoms with Crippen molar-refractivity contribution in [3.8, 4) is 0 Å². The van der Waals surface area contributed by atoms with Crippen LogP contribution in [0.4, 0.5) is 9.59 Å². The normalized spacial score (nSPS) is 12.3. The second-order valence-corrected chi connectivity index (χ2v) is 10.4. The van der Waals surface area contributed by atoms with Gasteiger partial charge in [0.2, 0.25) is 0 Å². The molecule has 0 fully saturated rings. The molecule has 0 aromatic carbocycles. The van der Waals surface area contributed by atoms with Gasteiger partial charge in [0.1, 0.15) is 26.4 Å². The minimum Gasteiger partial charge on any atom is -0.459 e. The minimum absolute atomic E-state index is 0.0424. The fourth-order valence-corrected chi connectivity index (χ4v) is 4.94. The molecule has 11 heteroatoms. The second-order valence-electron chi connectivity index (χ2n) is 5.54. The van der Waals surface area contributed by atoms with Crippen LogP contribution in [0.25, 0.3) is 0 Å². The third-order valence-corrected chi connectivity index (χ3v) is 5.97. The Balaban J connectivity index is 3.92. The molecule has 0 saturated heterocycles. The van der Waals surface area contributed by atoms with Gasteiger partial charge in [0.15, 0.2) is 0 Å². The van der Waals surface area contributed by atoms with Gasteiger partial charge in [0, 0.05) is 11.1 Å². The van der Waals surface area contributed by atoms with Crippen molar-refractivity contribution in [2.75, 3.05) is 26.4 Å². The van der Waals surface area contributed by atoms with Crippen LogP contribution in [-0.4, -0.2) is 58.1 Å². The van der Waals surface area contributed by atoms with Crippen LogP contribution in [0, 0.1) is 0 Å². The van der Waals surface area contributed by atoms with E-state index in [-0.39, 0.29) is 46.7 Å². The highest BCUT2D eigenvalue weighted by Crippen LogP contribution is 2.34. The van der Waals surface area contributed by atoms with Crippen molar-refractivity contribution < 1.29 is 38.1 Å². The summed E-state index contributed by atoms with van der Waals surface area (Å²) in [7, 11) is 0. The first-order valence-corrected chi connectivity index (χ1v) is 11.2. The molecule has 0 amide bonds. The Bertz CT molecular complexity index is 568. The van der Waals surface area contributed by atoms with Crippen molar-refractivity contribution in [2.45, 2.75) is 36.9 Å². The predicted molar refractivity (Wildman–Crippen MR) is 116 cm³/mol. The molecule has 0 aromatic rings. The summed E-state index contributed by atoms with van der Waals surface area (Å²) in [5.74, 6) is -1.08. The number of hydrogen-bond donors (Lipinski definition) is 0. The van der Waals surface area contributed by atoms with E-state index in [1.54, 1.807) is 13.8 Å². The molecular formula is C18H26O8S3. The van der Waals surface area contributed by atoms with E-state index in [1.807, 2.05) is 0 Å². The number of ether oxygens (including phenoxy) is 4. The molecule has 0 rings (SSSR count). The average Bonchev–Trinajstić information content (AvgIpc) is 2.61. The number of rotatable bonds is 12. The Labute approximate surface area is 183 Å². The van der Waals surface area contributed by atoms with Crippen molar-refractivity contribution >= 4 is 57.8 Å². The van der Waals surface area contributed by atoms with E-state index < -0.39 is 22.5 Å². The predicted octanol–water partition coefficient (Wildman–Crippen LogP) is 4.39. The maximum Gasteiger partial charge on any atom is 0.368 e.